The van der Waals surface area contributed by atoms with Crippen LogP contribution in [0.4, 0.5) is 5.00 Å². The smallest absolute Gasteiger partial charge is 0.328 e. The van der Waals surface area contributed by atoms with E-state index in [1.54, 1.807) is 25.2 Å². The fourth-order valence-electron chi connectivity index (χ4n) is 3.49. The first-order valence-corrected chi connectivity index (χ1v) is 15.5. The second-order valence-electron chi connectivity index (χ2n) is 10.0. The Balaban J connectivity index is 1.99. The molecule has 1 unspecified atom stereocenters. The molecule has 2 rings (SSSR count). The highest BCUT2D eigenvalue weighted by Gasteiger charge is 2.38. The van der Waals surface area contributed by atoms with Gasteiger partial charge in [0, 0.05) is 17.9 Å². The first kappa shape index (κ1) is 26.9. The topological polar surface area (TPSA) is 73.9 Å². The number of fused-ring (bicyclic) bond motifs is 1. The van der Waals surface area contributed by atoms with Gasteiger partial charge in [-0.15, -0.1) is 11.3 Å². The highest BCUT2D eigenvalue weighted by molar-refractivity contribution is 7.16. The van der Waals surface area contributed by atoms with Gasteiger partial charge in [-0.2, -0.15) is 0 Å². The van der Waals surface area contributed by atoms with Crippen molar-refractivity contribution in [2.75, 3.05) is 25.1 Å². The summed E-state index contributed by atoms with van der Waals surface area (Å²) in [4.78, 5) is 25.6. The minimum Gasteiger partial charge on any atom is -0.466 e. The number of nitrogens with one attached hydrogen (secondary N) is 1. The summed E-state index contributed by atoms with van der Waals surface area (Å²) in [6, 6.07) is 1.60. The molecule has 0 aromatic carbocycles. The highest BCUT2D eigenvalue weighted by atomic mass is 32.1. The van der Waals surface area contributed by atoms with Gasteiger partial charge in [0.25, 0.3) is 0 Å². The van der Waals surface area contributed by atoms with E-state index in [-0.39, 0.29) is 23.4 Å². The van der Waals surface area contributed by atoms with Crippen LogP contribution in [0.2, 0.25) is 18.1 Å². The standard InChI is InChI=1S/C24H41NO5SSi/c1-8-28-22(26)13-12-19(23(27)29-9-2)25-21-15-18-11-10-17(14-20(18)31-21)16-30-32(6,7)24(3,4)5/h15,17,19,25H,8-14,16H2,1-7H3/t17?,19-/m0/s1. The molecule has 1 aromatic rings. The Morgan fingerprint density at radius 2 is 1.91 bits per heavy atom. The zero-order chi connectivity index (χ0) is 23.9. The van der Waals surface area contributed by atoms with Gasteiger partial charge in [-0.3, -0.25) is 4.79 Å². The van der Waals surface area contributed by atoms with Gasteiger partial charge < -0.3 is 19.2 Å². The Kier molecular flexibility index (Phi) is 9.79. The molecular weight excluding hydrogens is 442 g/mol. The van der Waals surface area contributed by atoms with Crippen LogP contribution >= 0.6 is 11.3 Å². The highest BCUT2D eigenvalue weighted by Crippen LogP contribution is 2.39. The first-order valence-electron chi connectivity index (χ1n) is 11.8. The number of hydrogen-bond acceptors (Lipinski definition) is 7. The van der Waals surface area contributed by atoms with Gasteiger partial charge >= 0.3 is 11.9 Å². The summed E-state index contributed by atoms with van der Waals surface area (Å²) < 4.78 is 16.7. The molecule has 1 heterocycles. The molecule has 0 aliphatic heterocycles. The van der Waals surface area contributed by atoms with Crippen molar-refractivity contribution in [3.8, 4) is 0 Å². The van der Waals surface area contributed by atoms with Crippen LogP contribution in [0.25, 0.3) is 0 Å². The molecule has 2 atom stereocenters. The Bertz CT molecular complexity index is 771. The normalized spacial score (nSPS) is 17.4. The van der Waals surface area contributed by atoms with Crippen molar-refractivity contribution in [2.24, 2.45) is 5.92 Å². The maximum Gasteiger partial charge on any atom is 0.328 e. The van der Waals surface area contributed by atoms with Crippen molar-refractivity contribution in [2.45, 2.75) is 90.9 Å². The second-order valence-corrected chi connectivity index (χ2v) is 16.0. The van der Waals surface area contributed by atoms with Crippen LogP contribution in [-0.4, -0.2) is 46.1 Å². The third kappa shape index (κ3) is 7.59. The minimum atomic E-state index is -1.74. The molecule has 6 nitrogen and oxygen atoms in total. The largest absolute Gasteiger partial charge is 0.466 e. The van der Waals surface area contributed by atoms with Gasteiger partial charge in [0.15, 0.2) is 8.32 Å². The fourth-order valence-corrected chi connectivity index (χ4v) is 5.85. The Morgan fingerprint density at radius 1 is 1.22 bits per heavy atom. The van der Waals surface area contributed by atoms with E-state index in [2.05, 4.69) is 45.2 Å². The first-order chi connectivity index (χ1) is 15.0. The third-order valence-corrected chi connectivity index (χ3v) is 12.1. The van der Waals surface area contributed by atoms with Crippen LogP contribution in [0.3, 0.4) is 0 Å². The molecular formula is C24H41NO5SSi. The molecule has 0 saturated heterocycles. The zero-order valence-electron chi connectivity index (χ0n) is 20.8. The number of aryl methyl sites for hydroxylation is 1. The number of ether oxygens (including phenoxy) is 2. The molecule has 1 aliphatic rings. The Hall–Kier alpha value is -1.38. The predicted octanol–water partition coefficient (Wildman–Crippen LogP) is 5.56. The van der Waals surface area contributed by atoms with Crippen molar-refractivity contribution in [1.29, 1.82) is 0 Å². The van der Waals surface area contributed by atoms with E-state index in [1.165, 1.54) is 10.4 Å². The maximum absolute atomic E-state index is 12.4. The molecule has 182 valence electrons. The molecule has 0 radical (unpaired) electrons. The van der Waals surface area contributed by atoms with Crippen molar-refractivity contribution in [1.82, 2.24) is 0 Å². The number of rotatable bonds is 11. The number of thiophene rings is 1. The van der Waals surface area contributed by atoms with Crippen LogP contribution in [0, 0.1) is 5.92 Å². The summed E-state index contributed by atoms with van der Waals surface area (Å²) in [5, 5.41) is 4.50. The number of carbonyl (C=O) groups excluding carboxylic acids is 2. The quantitative estimate of drug-likeness (QED) is 0.328. The van der Waals surface area contributed by atoms with Crippen LogP contribution in [-0.2, 0) is 36.3 Å². The summed E-state index contributed by atoms with van der Waals surface area (Å²) >= 11 is 1.71. The van der Waals surface area contributed by atoms with Gasteiger partial charge in [0.1, 0.15) is 6.04 Å². The fraction of sp³-hybridized carbons (Fsp3) is 0.750. The van der Waals surface area contributed by atoms with Gasteiger partial charge in [-0.05, 0) is 75.2 Å². The zero-order valence-corrected chi connectivity index (χ0v) is 22.7. The van der Waals surface area contributed by atoms with Crippen LogP contribution in [0.15, 0.2) is 6.07 Å². The van der Waals surface area contributed by atoms with Gasteiger partial charge in [0.2, 0.25) is 0 Å². The van der Waals surface area contributed by atoms with E-state index >= 15 is 0 Å². The lowest BCUT2D eigenvalue weighted by Crippen LogP contribution is -2.42. The summed E-state index contributed by atoms with van der Waals surface area (Å²) in [6.07, 6.45) is 3.71. The maximum atomic E-state index is 12.4. The van der Waals surface area contributed by atoms with Crippen molar-refractivity contribution in [3.63, 3.8) is 0 Å². The predicted molar refractivity (Wildman–Crippen MR) is 133 cm³/mol. The van der Waals surface area contributed by atoms with E-state index in [1.807, 2.05) is 0 Å². The number of anilines is 1. The monoisotopic (exact) mass is 483 g/mol. The van der Waals surface area contributed by atoms with Crippen molar-refractivity contribution >= 4 is 36.6 Å². The van der Waals surface area contributed by atoms with Crippen molar-refractivity contribution in [3.05, 3.63) is 16.5 Å². The molecule has 1 aromatic heterocycles. The molecule has 0 fully saturated rings. The van der Waals surface area contributed by atoms with Gasteiger partial charge in [0.05, 0.1) is 18.2 Å². The Labute approximate surface area is 198 Å². The lowest BCUT2D eigenvalue weighted by molar-refractivity contribution is -0.145. The summed E-state index contributed by atoms with van der Waals surface area (Å²) in [6.45, 7) is 16.5. The number of hydrogen-bond donors (Lipinski definition) is 1. The average molecular weight is 484 g/mol. The molecule has 32 heavy (non-hydrogen) atoms. The van der Waals surface area contributed by atoms with Gasteiger partial charge in [-0.1, -0.05) is 20.8 Å². The third-order valence-electron chi connectivity index (χ3n) is 6.51. The Morgan fingerprint density at radius 3 is 2.53 bits per heavy atom. The molecule has 1 N–H and O–H groups in total. The molecule has 8 heteroatoms. The van der Waals surface area contributed by atoms with E-state index in [0.29, 0.717) is 25.6 Å². The number of carbonyl (C=O) groups is 2. The van der Waals surface area contributed by atoms with E-state index in [0.717, 1.165) is 30.9 Å². The van der Waals surface area contributed by atoms with Gasteiger partial charge in [-0.25, -0.2) is 4.79 Å². The SMILES string of the molecule is CCOC(=O)CC[C@H](Nc1cc2c(s1)CC(CO[Si](C)(C)C(C)(C)C)CC2)C(=O)OCC. The summed E-state index contributed by atoms with van der Waals surface area (Å²) in [5.41, 5.74) is 1.36. The molecule has 0 amide bonds. The van der Waals surface area contributed by atoms with Crippen molar-refractivity contribution < 1.29 is 23.5 Å². The van der Waals surface area contributed by atoms with Crippen LogP contribution < -0.4 is 5.32 Å². The van der Waals surface area contributed by atoms with E-state index < -0.39 is 14.4 Å². The van der Waals surface area contributed by atoms with E-state index in [9.17, 15) is 9.59 Å². The van der Waals surface area contributed by atoms with Crippen LogP contribution in [0.1, 0.15) is 64.3 Å². The lowest BCUT2D eigenvalue weighted by atomic mass is 9.90. The molecule has 0 spiro atoms. The average Bonchev–Trinajstić information content (AvgIpc) is 3.10. The molecule has 0 saturated carbocycles. The molecule has 1 aliphatic carbocycles. The molecule has 0 bridgehead atoms. The van der Waals surface area contributed by atoms with Crippen LogP contribution in [0.5, 0.6) is 0 Å². The lowest BCUT2D eigenvalue weighted by Gasteiger charge is -2.37. The van der Waals surface area contributed by atoms with E-state index in [4.69, 9.17) is 13.9 Å². The second kappa shape index (κ2) is 11.7. The summed E-state index contributed by atoms with van der Waals surface area (Å²) in [5.74, 6) is -0.0877. The summed E-state index contributed by atoms with van der Waals surface area (Å²) in [7, 11) is -1.74. The minimum absolute atomic E-state index is 0.183. The number of esters is 2.